The van der Waals surface area contributed by atoms with E-state index in [1.54, 1.807) is 0 Å². The van der Waals surface area contributed by atoms with Crippen molar-refractivity contribution in [3.63, 3.8) is 0 Å². The van der Waals surface area contributed by atoms with Crippen LogP contribution in [0.25, 0.3) is 16.9 Å². The lowest BCUT2D eigenvalue weighted by molar-refractivity contribution is -0.127. The second-order valence-corrected chi connectivity index (χ2v) is 10.0. The van der Waals surface area contributed by atoms with Crippen molar-refractivity contribution in [2.75, 3.05) is 39.4 Å². The van der Waals surface area contributed by atoms with E-state index in [0.717, 1.165) is 22.6 Å². The maximum Gasteiger partial charge on any atom is 0.320 e. The van der Waals surface area contributed by atoms with Gasteiger partial charge in [-0.05, 0) is 24.3 Å². The average molecular weight is 494 g/mol. The molecule has 6 rings (SSSR count). The molecule has 1 aromatic carbocycles. The van der Waals surface area contributed by atoms with E-state index >= 15 is 0 Å². The number of nitrogens with zero attached hydrogens (tertiary/aromatic N) is 5. The van der Waals surface area contributed by atoms with Crippen LogP contribution in [0.4, 0.5) is 4.79 Å². The molecule has 0 saturated carbocycles. The van der Waals surface area contributed by atoms with E-state index in [0.29, 0.717) is 63.8 Å². The maximum absolute atomic E-state index is 13.4. The molecule has 5 heterocycles. The lowest BCUT2D eigenvalue weighted by Gasteiger charge is -2.50. The van der Waals surface area contributed by atoms with E-state index in [-0.39, 0.29) is 23.9 Å². The van der Waals surface area contributed by atoms with Gasteiger partial charge in [0.25, 0.3) is 0 Å². The third kappa shape index (κ3) is 4.30. The highest BCUT2D eigenvalue weighted by molar-refractivity contribution is 6.30. The average Bonchev–Trinajstić information content (AvgIpc) is 3.22. The minimum atomic E-state index is -0.108. The summed E-state index contributed by atoms with van der Waals surface area (Å²) in [5, 5.41) is 0.692. The molecule has 2 atom stereocenters. The topological polar surface area (TPSA) is 70.4 Å². The number of morpholine rings is 1. The van der Waals surface area contributed by atoms with Crippen molar-refractivity contribution in [3.05, 3.63) is 59.4 Å². The molecule has 3 aliphatic rings. The Balaban J connectivity index is 1.28. The highest BCUT2D eigenvalue weighted by Crippen LogP contribution is 2.32. The third-order valence-corrected chi connectivity index (χ3v) is 7.53. The fraction of sp³-hybridized carbons (Fsp3) is 0.423. The number of hydrogen-bond donors (Lipinski definition) is 0. The fourth-order valence-corrected chi connectivity index (χ4v) is 5.81. The van der Waals surface area contributed by atoms with Gasteiger partial charge in [0.05, 0.1) is 36.7 Å². The Morgan fingerprint density at radius 1 is 1.03 bits per heavy atom. The second-order valence-electron chi connectivity index (χ2n) is 9.58. The van der Waals surface area contributed by atoms with Gasteiger partial charge in [0.2, 0.25) is 0 Å². The largest absolute Gasteiger partial charge is 0.378 e. The molecule has 9 heteroatoms. The highest BCUT2D eigenvalue weighted by atomic mass is 35.5. The first kappa shape index (κ1) is 22.5. The van der Waals surface area contributed by atoms with Gasteiger partial charge in [0, 0.05) is 62.3 Å². The second kappa shape index (κ2) is 9.26. The number of hydrogen-bond acceptors (Lipinski definition) is 5. The number of likely N-dealkylation sites (tertiary alicyclic amines) is 1. The lowest BCUT2D eigenvalue weighted by Crippen LogP contribution is -2.66. The standard InChI is InChI=1S/C26H28ClN5O3/c27-19-6-4-18(5-7-19)25-23(31-8-2-1-3-24(31)28-25)17-29-15-20-13-22(33)14-21(16-29)32(20)26(34)30-9-11-35-12-10-30/h1-8,20-21H,9-17H2. The number of urea groups is 1. The number of ether oxygens (including phenoxy) is 1. The van der Waals surface area contributed by atoms with E-state index in [9.17, 15) is 9.59 Å². The quantitative estimate of drug-likeness (QED) is 0.560. The van der Waals surface area contributed by atoms with Crippen LogP contribution in [-0.4, -0.2) is 87.4 Å². The molecule has 0 radical (unpaired) electrons. The Morgan fingerprint density at radius 3 is 2.46 bits per heavy atom. The zero-order chi connectivity index (χ0) is 23.9. The molecular weight excluding hydrogens is 466 g/mol. The van der Waals surface area contributed by atoms with Gasteiger partial charge >= 0.3 is 6.03 Å². The number of fused-ring (bicyclic) bond motifs is 3. The van der Waals surface area contributed by atoms with Crippen LogP contribution in [0.3, 0.4) is 0 Å². The number of Topliss-reactive ketones (excluding diaryl/α,β-unsaturated/α-hetero) is 1. The number of halogens is 1. The SMILES string of the molecule is O=C1CC2CN(Cc3c(-c4ccc(Cl)cc4)nc4ccccn34)CC(C1)N2C(=O)N1CCOCC1. The van der Waals surface area contributed by atoms with E-state index in [4.69, 9.17) is 21.3 Å². The van der Waals surface area contributed by atoms with Crippen LogP contribution in [0.5, 0.6) is 0 Å². The predicted molar refractivity (Wildman–Crippen MR) is 132 cm³/mol. The fourth-order valence-electron chi connectivity index (χ4n) is 5.69. The number of carbonyl (C=O) groups excluding carboxylic acids is 2. The number of rotatable bonds is 3. The summed E-state index contributed by atoms with van der Waals surface area (Å²) in [6.07, 6.45) is 2.88. The number of pyridine rings is 1. The lowest BCUT2D eigenvalue weighted by atomic mass is 9.90. The van der Waals surface area contributed by atoms with Crippen molar-refractivity contribution in [1.29, 1.82) is 0 Å². The first-order valence-electron chi connectivity index (χ1n) is 12.2. The molecule has 182 valence electrons. The normalized spacial score (nSPS) is 23.2. The van der Waals surface area contributed by atoms with Crippen molar-refractivity contribution < 1.29 is 14.3 Å². The molecule has 35 heavy (non-hydrogen) atoms. The van der Waals surface area contributed by atoms with Crippen LogP contribution in [0.1, 0.15) is 18.5 Å². The molecule has 8 nitrogen and oxygen atoms in total. The van der Waals surface area contributed by atoms with Crippen molar-refractivity contribution in [3.8, 4) is 11.3 Å². The number of amides is 2. The van der Waals surface area contributed by atoms with Gasteiger partial charge in [-0.2, -0.15) is 0 Å². The van der Waals surface area contributed by atoms with Crippen LogP contribution >= 0.6 is 11.6 Å². The predicted octanol–water partition coefficient (Wildman–Crippen LogP) is 3.32. The van der Waals surface area contributed by atoms with E-state index in [2.05, 4.69) is 9.30 Å². The molecule has 2 unspecified atom stereocenters. The maximum atomic E-state index is 13.4. The number of piperidine rings is 1. The molecule has 0 N–H and O–H groups in total. The number of benzene rings is 1. The Morgan fingerprint density at radius 2 is 1.74 bits per heavy atom. The molecule has 0 aliphatic carbocycles. The molecule has 2 aromatic heterocycles. The Kier molecular flexibility index (Phi) is 5.96. The summed E-state index contributed by atoms with van der Waals surface area (Å²) < 4.78 is 7.56. The highest BCUT2D eigenvalue weighted by Gasteiger charge is 2.44. The number of carbonyl (C=O) groups is 2. The molecule has 3 fully saturated rings. The van der Waals surface area contributed by atoms with E-state index in [1.165, 1.54) is 0 Å². The van der Waals surface area contributed by atoms with Gasteiger partial charge in [-0.15, -0.1) is 0 Å². The van der Waals surface area contributed by atoms with Crippen molar-refractivity contribution >= 4 is 29.1 Å². The monoisotopic (exact) mass is 493 g/mol. The van der Waals surface area contributed by atoms with Gasteiger partial charge in [-0.1, -0.05) is 29.8 Å². The van der Waals surface area contributed by atoms with Crippen molar-refractivity contribution in [2.24, 2.45) is 0 Å². The summed E-state index contributed by atoms with van der Waals surface area (Å²) >= 11 is 6.13. The summed E-state index contributed by atoms with van der Waals surface area (Å²) in [6.45, 7) is 4.38. The third-order valence-electron chi connectivity index (χ3n) is 7.27. The molecule has 3 saturated heterocycles. The van der Waals surface area contributed by atoms with Crippen LogP contribution in [-0.2, 0) is 16.1 Å². The summed E-state index contributed by atoms with van der Waals surface area (Å²) in [6, 6.07) is 13.6. The summed E-state index contributed by atoms with van der Waals surface area (Å²) in [7, 11) is 0. The van der Waals surface area contributed by atoms with Crippen molar-refractivity contribution in [2.45, 2.75) is 31.5 Å². The number of imidazole rings is 1. The number of piperazine rings is 1. The molecule has 0 spiro atoms. The smallest absolute Gasteiger partial charge is 0.320 e. The minimum Gasteiger partial charge on any atom is -0.378 e. The van der Waals surface area contributed by atoms with Crippen LogP contribution in [0, 0.1) is 0 Å². The van der Waals surface area contributed by atoms with Gasteiger partial charge in [-0.25, -0.2) is 9.78 Å². The zero-order valence-corrected chi connectivity index (χ0v) is 20.2. The minimum absolute atomic E-state index is 0.0482. The van der Waals surface area contributed by atoms with Gasteiger partial charge in [0.15, 0.2) is 0 Å². The number of ketones is 1. The van der Waals surface area contributed by atoms with Gasteiger partial charge in [0.1, 0.15) is 11.4 Å². The van der Waals surface area contributed by atoms with Crippen molar-refractivity contribution in [1.82, 2.24) is 24.1 Å². The first-order valence-corrected chi connectivity index (χ1v) is 12.6. The summed E-state index contributed by atoms with van der Waals surface area (Å²) in [5.74, 6) is 0.252. The molecular formula is C26H28ClN5O3. The molecule has 3 aromatic rings. The first-order chi connectivity index (χ1) is 17.1. The van der Waals surface area contributed by atoms with Crippen LogP contribution < -0.4 is 0 Å². The van der Waals surface area contributed by atoms with Crippen LogP contribution in [0.15, 0.2) is 48.7 Å². The Bertz CT molecular complexity index is 1240. The molecule has 3 aliphatic heterocycles. The van der Waals surface area contributed by atoms with Crippen LogP contribution in [0.2, 0.25) is 5.02 Å². The van der Waals surface area contributed by atoms with Gasteiger partial charge < -0.3 is 18.9 Å². The molecule has 2 bridgehead atoms. The van der Waals surface area contributed by atoms with E-state index in [1.807, 2.05) is 58.5 Å². The van der Waals surface area contributed by atoms with E-state index < -0.39 is 0 Å². The summed E-state index contributed by atoms with van der Waals surface area (Å²) in [4.78, 5) is 37.0. The Hall–Kier alpha value is -2.94. The number of aromatic nitrogens is 2. The Labute approximate surface area is 209 Å². The van der Waals surface area contributed by atoms with Gasteiger partial charge in [-0.3, -0.25) is 9.69 Å². The molecule has 2 amide bonds. The zero-order valence-electron chi connectivity index (χ0n) is 19.5. The summed E-state index contributed by atoms with van der Waals surface area (Å²) in [5.41, 5.74) is 3.94.